The number of ether oxygens (including phenoxy) is 1. The minimum Gasteiger partial charge on any atom is -0.478 e. The highest BCUT2D eigenvalue weighted by molar-refractivity contribution is 6.33. The summed E-state index contributed by atoms with van der Waals surface area (Å²) < 4.78 is 7.19. The summed E-state index contributed by atoms with van der Waals surface area (Å²) in [5.74, 6) is 0.195. The maximum absolute atomic E-state index is 12.1. The lowest BCUT2D eigenvalue weighted by Gasteiger charge is -2.08. The zero-order valence-corrected chi connectivity index (χ0v) is 14.0. The first-order valence-electron chi connectivity index (χ1n) is 7.24. The van der Waals surface area contributed by atoms with Gasteiger partial charge in [-0.15, -0.1) is 0 Å². The molecule has 128 valence electrons. The van der Waals surface area contributed by atoms with Crippen LogP contribution in [-0.4, -0.2) is 33.8 Å². The molecule has 0 saturated heterocycles. The average molecular weight is 353 g/mol. The summed E-state index contributed by atoms with van der Waals surface area (Å²) >= 11 is 5.92. The number of aromatic nitrogens is 2. The van der Waals surface area contributed by atoms with Gasteiger partial charge in [-0.25, -0.2) is 4.68 Å². The van der Waals surface area contributed by atoms with E-state index in [0.717, 1.165) is 11.8 Å². The molecule has 8 nitrogen and oxygen atoms in total. The van der Waals surface area contributed by atoms with Crippen molar-refractivity contribution in [3.63, 3.8) is 0 Å². The van der Waals surface area contributed by atoms with Gasteiger partial charge >= 0.3 is 0 Å². The van der Waals surface area contributed by atoms with Crippen molar-refractivity contribution in [2.24, 2.45) is 7.05 Å². The summed E-state index contributed by atoms with van der Waals surface area (Å²) in [6, 6.07) is 5.57. The van der Waals surface area contributed by atoms with Crippen molar-refractivity contribution < 1.29 is 14.5 Å². The number of hydrogen-bond acceptors (Lipinski definition) is 5. The van der Waals surface area contributed by atoms with Crippen LogP contribution in [0.25, 0.3) is 0 Å². The van der Waals surface area contributed by atoms with Gasteiger partial charge in [-0.05, 0) is 19.4 Å². The van der Waals surface area contributed by atoms with Crippen LogP contribution in [-0.2, 0) is 7.05 Å². The number of benzene rings is 1. The smallest absolute Gasteiger partial charge is 0.270 e. The summed E-state index contributed by atoms with van der Waals surface area (Å²) in [5.41, 5.74) is 0.759. The Morgan fingerprint density at radius 3 is 2.83 bits per heavy atom. The minimum atomic E-state index is -0.573. The molecule has 2 aromatic rings. The van der Waals surface area contributed by atoms with E-state index in [1.807, 2.05) is 13.0 Å². The molecule has 0 aliphatic heterocycles. The van der Waals surface area contributed by atoms with E-state index < -0.39 is 10.8 Å². The lowest BCUT2D eigenvalue weighted by Crippen LogP contribution is -2.26. The van der Waals surface area contributed by atoms with E-state index in [0.29, 0.717) is 25.5 Å². The fourth-order valence-corrected chi connectivity index (χ4v) is 2.27. The summed E-state index contributed by atoms with van der Waals surface area (Å²) in [5, 5.41) is 17.7. The number of carbonyl (C=O) groups is 1. The Kier molecular flexibility index (Phi) is 5.75. The third-order valence-electron chi connectivity index (χ3n) is 3.22. The molecule has 0 bridgehead atoms. The van der Waals surface area contributed by atoms with Gasteiger partial charge in [-0.1, -0.05) is 11.6 Å². The first kappa shape index (κ1) is 17.7. The molecular formula is C15H17ClN4O4. The van der Waals surface area contributed by atoms with Crippen molar-refractivity contribution >= 4 is 23.2 Å². The predicted molar refractivity (Wildman–Crippen MR) is 88.5 cm³/mol. The van der Waals surface area contributed by atoms with Gasteiger partial charge in [0, 0.05) is 31.8 Å². The molecule has 1 heterocycles. The number of halogens is 1. The molecule has 0 spiro atoms. The fourth-order valence-electron chi connectivity index (χ4n) is 2.07. The third-order valence-corrected chi connectivity index (χ3v) is 3.55. The largest absolute Gasteiger partial charge is 0.478 e. The Labute approximate surface area is 143 Å². The molecule has 0 aliphatic carbocycles. The molecule has 2 rings (SSSR count). The first-order valence-corrected chi connectivity index (χ1v) is 7.62. The fraction of sp³-hybridized carbons (Fsp3) is 0.333. The van der Waals surface area contributed by atoms with E-state index in [4.69, 9.17) is 16.3 Å². The molecule has 0 unspecified atom stereocenters. The number of carbonyl (C=O) groups excluding carboxylic acids is 1. The van der Waals surface area contributed by atoms with Crippen LogP contribution >= 0.6 is 11.6 Å². The second-order valence-electron chi connectivity index (χ2n) is 5.13. The normalized spacial score (nSPS) is 10.5. The number of nitro groups is 1. The van der Waals surface area contributed by atoms with Crippen LogP contribution in [0.15, 0.2) is 24.3 Å². The SMILES string of the molecule is Cc1cc(OCCCNC(=O)c2cc([N+](=O)[O-])ccc2Cl)n(C)n1. The van der Waals surface area contributed by atoms with Crippen LogP contribution in [0.5, 0.6) is 5.88 Å². The zero-order valence-electron chi connectivity index (χ0n) is 13.3. The molecule has 0 atom stereocenters. The molecule has 1 aromatic carbocycles. The quantitative estimate of drug-likeness (QED) is 0.469. The van der Waals surface area contributed by atoms with Gasteiger partial charge in [0.2, 0.25) is 5.88 Å². The van der Waals surface area contributed by atoms with Crippen molar-refractivity contribution in [3.05, 3.63) is 50.7 Å². The van der Waals surface area contributed by atoms with E-state index in [1.165, 1.54) is 12.1 Å². The van der Waals surface area contributed by atoms with Gasteiger partial charge in [0.15, 0.2) is 0 Å². The van der Waals surface area contributed by atoms with Crippen molar-refractivity contribution in [1.29, 1.82) is 0 Å². The molecule has 0 aliphatic rings. The molecular weight excluding hydrogens is 336 g/mol. The van der Waals surface area contributed by atoms with Crippen LogP contribution < -0.4 is 10.1 Å². The lowest BCUT2D eigenvalue weighted by atomic mass is 10.2. The minimum absolute atomic E-state index is 0.0778. The van der Waals surface area contributed by atoms with E-state index in [1.54, 1.807) is 11.7 Å². The van der Waals surface area contributed by atoms with E-state index in [2.05, 4.69) is 10.4 Å². The van der Waals surface area contributed by atoms with Crippen molar-refractivity contribution in [3.8, 4) is 5.88 Å². The maximum atomic E-state index is 12.1. The van der Waals surface area contributed by atoms with Crippen molar-refractivity contribution in [2.75, 3.05) is 13.2 Å². The van der Waals surface area contributed by atoms with Crippen LogP contribution in [0.2, 0.25) is 5.02 Å². The van der Waals surface area contributed by atoms with Gasteiger partial charge < -0.3 is 10.1 Å². The van der Waals surface area contributed by atoms with Gasteiger partial charge in [0.1, 0.15) is 0 Å². The molecule has 1 N–H and O–H groups in total. The monoisotopic (exact) mass is 352 g/mol. The molecule has 1 aromatic heterocycles. The number of nitrogens with zero attached hydrogens (tertiary/aromatic N) is 3. The highest BCUT2D eigenvalue weighted by atomic mass is 35.5. The Morgan fingerprint density at radius 2 is 2.21 bits per heavy atom. The topological polar surface area (TPSA) is 99.3 Å². The predicted octanol–water partition coefficient (Wildman–Crippen LogP) is 2.49. The lowest BCUT2D eigenvalue weighted by molar-refractivity contribution is -0.384. The summed E-state index contributed by atoms with van der Waals surface area (Å²) in [6.45, 7) is 2.63. The highest BCUT2D eigenvalue weighted by Crippen LogP contribution is 2.21. The molecule has 0 saturated carbocycles. The van der Waals surface area contributed by atoms with Gasteiger partial charge in [-0.2, -0.15) is 5.10 Å². The Hall–Kier alpha value is -2.61. The molecule has 0 fully saturated rings. The van der Waals surface area contributed by atoms with Gasteiger partial charge in [0.05, 0.1) is 27.8 Å². The zero-order chi connectivity index (χ0) is 17.7. The van der Waals surface area contributed by atoms with Gasteiger partial charge in [-0.3, -0.25) is 14.9 Å². The van der Waals surface area contributed by atoms with Crippen molar-refractivity contribution in [1.82, 2.24) is 15.1 Å². The van der Waals surface area contributed by atoms with Gasteiger partial charge in [0.25, 0.3) is 11.6 Å². The molecule has 24 heavy (non-hydrogen) atoms. The number of non-ortho nitro benzene ring substituents is 1. The van der Waals surface area contributed by atoms with Crippen LogP contribution in [0.1, 0.15) is 22.5 Å². The summed E-state index contributed by atoms with van der Waals surface area (Å²) in [7, 11) is 1.79. The highest BCUT2D eigenvalue weighted by Gasteiger charge is 2.15. The number of hydrogen-bond donors (Lipinski definition) is 1. The maximum Gasteiger partial charge on any atom is 0.270 e. The number of aryl methyl sites for hydroxylation is 2. The number of nitro benzene ring substituents is 1. The van der Waals surface area contributed by atoms with Crippen LogP contribution in [0.3, 0.4) is 0 Å². The summed E-state index contributed by atoms with van der Waals surface area (Å²) in [6.07, 6.45) is 0.572. The summed E-state index contributed by atoms with van der Waals surface area (Å²) in [4.78, 5) is 22.2. The van der Waals surface area contributed by atoms with Crippen molar-refractivity contribution in [2.45, 2.75) is 13.3 Å². The number of amides is 1. The second kappa shape index (κ2) is 7.78. The second-order valence-corrected chi connectivity index (χ2v) is 5.53. The standard InChI is InChI=1S/C15H17ClN4O4/c1-10-8-14(19(2)18-10)24-7-3-6-17-15(21)12-9-11(20(22)23)4-5-13(12)16/h4-5,8-9H,3,6-7H2,1-2H3,(H,17,21). The third kappa shape index (κ3) is 4.45. The first-order chi connectivity index (χ1) is 11.4. The number of rotatable bonds is 7. The Bertz CT molecular complexity index is 760. The molecule has 0 radical (unpaired) electrons. The average Bonchev–Trinajstić information content (AvgIpc) is 2.84. The number of nitrogens with one attached hydrogen (secondary N) is 1. The Balaban J connectivity index is 1.82. The van der Waals surface area contributed by atoms with Crippen LogP contribution in [0, 0.1) is 17.0 Å². The van der Waals surface area contributed by atoms with E-state index >= 15 is 0 Å². The van der Waals surface area contributed by atoms with E-state index in [-0.39, 0.29) is 16.3 Å². The molecule has 1 amide bonds. The Morgan fingerprint density at radius 1 is 1.46 bits per heavy atom. The van der Waals surface area contributed by atoms with E-state index in [9.17, 15) is 14.9 Å². The molecule has 9 heteroatoms. The van der Waals surface area contributed by atoms with Crippen LogP contribution in [0.4, 0.5) is 5.69 Å².